The fraction of sp³-hybridized carbons (Fsp3) is 0.857. The average molecular weight is 156 g/mol. The zero-order valence-electron chi connectivity index (χ0n) is 6.62. The predicted molar refractivity (Wildman–Crippen MR) is 40.2 cm³/mol. The minimum Gasteiger partial charge on any atom is -0.374 e. The van der Waals surface area contributed by atoms with Gasteiger partial charge in [0.25, 0.3) is 0 Å². The van der Waals surface area contributed by atoms with Crippen LogP contribution in [0.15, 0.2) is 4.99 Å². The molecule has 0 N–H and O–H groups in total. The minimum absolute atomic E-state index is 0.0789. The van der Waals surface area contributed by atoms with Crippen LogP contribution in [0.4, 0.5) is 0 Å². The number of isocyanates is 1. The summed E-state index contributed by atoms with van der Waals surface area (Å²) in [7, 11) is 2.03. The number of likely N-dealkylation sites (N-methyl/N-ethyl adjacent to an activating group) is 1. The Morgan fingerprint density at radius 3 is 3.27 bits per heavy atom. The van der Waals surface area contributed by atoms with Gasteiger partial charge in [-0.3, -0.25) is 0 Å². The lowest BCUT2D eigenvalue weighted by molar-refractivity contribution is -0.0135. The van der Waals surface area contributed by atoms with Gasteiger partial charge in [-0.15, -0.1) is 0 Å². The first-order valence-electron chi connectivity index (χ1n) is 3.66. The molecule has 4 heteroatoms. The maximum atomic E-state index is 9.77. The van der Waals surface area contributed by atoms with E-state index in [0.717, 1.165) is 19.7 Å². The molecule has 0 radical (unpaired) electrons. The zero-order chi connectivity index (χ0) is 8.10. The van der Waals surface area contributed by atoms with Gasteiger partial charge in [0.15, 0.2) is 0 Å². The lowest BCUT2D eigenvalue weighted by Crippen LogP contribution is -2.41. The van der Waals surface area contributed by atoms with E-state index in [2.05, 4.69) is 9.89 Å². The predicted octanol–water partition coefficient (Wildman–Crippen LogP) is -0.347. The largest absolute Gasteiger partial charge is 0.374 e. The van der Waals surface area contributed by atoms with Gasteiger partial charge in [0.1, 0.15) is 0 Å². The lowest BCUT2D eigenvalue weighted by atomic mass is 10.3. The van der Waals surface area contributed by atoms with E-state index in [4.69, 9.17) is 4.74 Å². The molecule has 0 saturated carbocycles. The Kier molecular flexibility index (Phi) is 3.23. The number of hydrogen-bond acceptors (Lipinski definition) is 4. The Balaban J connectivity index is 2.27. The number of aliphatic imine (C=N–C) groups is 1. The Morgan fingerprint density at radius 1 is 1.82 bits per heavy atom. The van der Waals surface area contributed by atoms with Gasteiger partial charge in [-0.2, -0.15) is 0 Å². The highest BCUT2D eigenvalue weighted by Crippen LogP contribution is 2.02. The van der Waals surface area contributed by atoms with Crippen LogP contribution in [0.25, 0.3) is 0 Å². The van der Waals surface area contributed by atoms with Crippen molar-refractivity contribution in [3.8, 4) is 0 Å². The highest BCUT2D eigenvalue weighted by Gasteiger charge is 2.16. The molecule has 0 aliphatic carbocycles. The van der Waals surface area contributed by atoms with Gasteiger partial charge < -0.3 is 9.64 Å². The quantitative estimate of drug-likeness (QED) is 0.405. The first kappa shape index (κ1) is 8.40. The Bertz CT molecular complexity index is 166. The van der Waals surface area contributed by atoms with Gasteiger partial charge in [0, 0.05) is 13.1 Å². The molecule has 62 valence electrons. The number of hydrogen-bond donors (Lipinski definition) is 0. The van der Waals surface area contributed by atoms with Crippen molar-refractivity contribution in [2.45, 2.75) is 6.10 Å². The van der Waals surface area contributed by atoms with Crippen molar-refractivity contribution in [1.82, 2.24) is 4.90 Å². The monoisotopic (exact) mass is 156 g/mol. The highest BCUT2D eigenvalue weighted by atomic mass is 16.5. The van der Waals surface area contributed by atoms with Crippen molar-refractivity contribution in [3.05, 3.63) is 0 Å². The summed E-state index contributed by atoms with van der Waals surface area (Å²) in [6.07, 6.45) is 1.59. The van der Waals surface area contributed by atoms with E-state index in [9.17, 15) is 4.79 Å². The molecule has 11 heavy (non-hydrogen) atoms. The molecule has 1 rings (SSSR count). The second-order valence-electron chi connectivity index (χ2n) is 2.69. The smallest absolute Gasteiger partial charge is 0.235 e. The molecule has 1 aliphatic rings. The summed E-state index contributed by atoms with van der Waals surface area (Å²) < 4.78 is 5.34. The van der Waals surface area contributed by atoms with E-state index in [1.54, 1.807) is 0 Å². The number of carbonyl (C=O) groups excluding carboxylic acids is 1. The molecule has 0 aromatic rings. The van der Waals surface area contributed by atoms with Crippen LogP contribution >= 0.6 is 0 Å². The Labute approximate surface area is 65.9 Å². The summed E-state index contributed by atoms with van der Waals surface area (Å²) in [6.45, 7) is 2.98. The highest BCUT2D eigenvalue weighted by molar-refractivity contribution is 5.32. The molecule has 0 aromatic heterocycles. The van der Waals surface area contributed by atoms with E-state index in [-0.39, 0.29) is 6.10 Å². The van der Waals surface area contributed by atoms with Crippen molar-refractivity contribution in [2.24, 2.45) is 4.99 Å². The van der Waals surface area contributed by atoms with Crippen LogP contribution in [0.3, 0.4) is 0 Å². The molecular formula is C7H12N2O2. The van der Waals surface area contributed by atoms with Crippen LogP contribution in [-0.4, -0.2) is 50.4 Å². The summed E-state index contributed by atoms with van der Waals surface area (Å²) >= 11 is 0. The summed E-state index contributed by atoms with van der Waals surface area (Å²) in [5.41, 5.74) is 0. The SMILES string of the molecule is CN1CCOC(CN=C=O)C1. The third-order valence-corrected chi connectivity index (χ3v) is 1.70. The van der Waals surface area contributed by atoms with E-state index in [0.29, 0.717) is 6.54 Å². The van der Waals surface area contributed by atoms with Gasteiger partial charge >= 0.3 is 0 Å². The van der Waals surface area contributed by atoms with Gasteiger partial charge in [-0.25, -0.2) is 9.79 Å². The summed E-state index contributed by atoms with van der Waals surface area (Å²) in [5, 5.41) is 0. The van der Waals surface area contributed by atoms with E-state index in [1.807, 2.05) is 7.05 Å². The molecule has 0 spiro atoms. The molecule has 0 aromatic carbocycles. The van der Waals surface area contributed by atoms with Crippen LogP contribution in [0, 0.1) is 0 Å². The first-order chi connectivity index (χ1) is 5.33. The van der Waals surface area contributed by atoms with E-state index < -0.39 is 0 Å². The van der Waals surface area contributed by atoms with Crippen molar-refractivity contribution < 1.29 is 9.53 Å². The van der Waals surface area contributed by atoms with Crippen LogP contribution in [0.2, 0.25) is 0 Å². The Hall–Kier alpha value is -0.700. The Morgan fingerprint density at radius 2 is 2.64 bits per heavy atom. The molecular weight excluding hydrogens is 144 g/mol. The molecule has 0 bridgehead atoms. The zero-order valence-corrected chi connectivity index (χ0v) is 6.62. The molecule has 1 fully saturated rings. The van der Waals surface area contributed by atoms with Crippen molar-refractivity contribution in [3.63, 3.8) is 0 Å². The number of nitrogens with zero attached hydrogens (tertiary/aromatic N) is 2. The summed E-state index contributed by atoms with van der Waals surface area (Å²) in [4.78, 5) is 15.4. The normalized spacial score (nSPS) is 26.1. The number of rotatable bonds is 2. The van der Waals surface area contributed by atoms with E-state index >= 15 is 0 Å². The average Bonchev–Trinajstić information content (AvgIpc) is 2.01. The molecule has 1 aliphatic heterocycles. The van der Waals surface area contributed by atoms with Crippen LogP contribution in [-0.2, 0) is 9.53 Å². The molecule has 1 unspecified atom stereocenters. The molecule has 0 amide bonds. The van der Waals surface area contributed by atoms with E-state index in [1.165, 1.54) is 6.08 Å². The fourth-order valence-corrected chi connectivity index (χ4v) is 1.12. The lowest BCUT2D eigenvalue weighted by Gasteiger charge is -2.28. The summed E-state index contributed by atoms with van der Waals surface area (Å²) in [5.74, 6) is 0. The van der Waals surface area contributed by atoms with Gasteiger partial charge in [-0.1, -0.05) is 0 Å². The fourth-order valence-electron chi connectivity index (χ4n) is 1.12. The second kappa shape index (κ2) is 4.23. The number of ether oxygens (including phenoxy) is 1. The van der Waals surface area contributed by atoms with Crippen LogP contribution in [0.1, 0.15) is 0 Å². The van der Waals surface area contributed by atoms with Crippen LogP contribution in [0.5, 0.6) is 0 Å². The van der Waals surface area contributed by atoms with Crippen molar-refractivity contribution in [2.75, 3.05) is 33.3 Å². The third-order valence-electron chi connectivity index (χ3n) is 1.70. The van der Waals surface area contributed by atoms with Crippen molar-refractivity contribution in [1.29, 1.82) is 0 Å². The molecule has 4 nitrogen and oxygen atoms in total. The van der Waals surface area contributed by atoms with Crippen molar-refractivity contribution >= 4 is 6.08 Å². The van der Waals surface area contributed by atoms with Gasteiger partial charge in [0.05, 0.1) is 19.3 Å². The summed E-state index contributed by atoms with van der Waals surface area (Å²) in [6, 6.07) is 0. The standard InChI is InChI=1S/C7H12N2O2/c1-9-2-3-11-7(5-9)4-8-6-10/h7H,2-5H2,1H3. The second-order valence-corrected chi connectivity index (χ2v) is 2.69. The number of morpholine rings is 1. The third kappa shape index (κ3) is 2.80. The van der Waals surface area contributed by atoms with Gasteiger partial charge in [0.2, 0.25) is 6.08 Å². The topological polar surface area (TPSA) is 41.9 Å². The minimum atomic E-state index is 0.0789. The maximum Gasteiger partial charge on any atom is 0.235 e. The molecule has 1 atom stereocenters. The van der Waals surface area contributed by atoms with Gasteiger partial charge in [-0.05, 0) is 7.05 Å². The first-order valence-corrected chi connectivity index (χ1v) is 3.66. The molecule has 1 saturated heterocycles. The molecule has 1 heterocycles. The van der Waals surface area contributed by atoms with Crippen LogP contribution < -0.4 is 0 Å². The maximum absolute atomic E-state index is 9.77.